The van der Waals surface area contributed by atoms with Crippen molar-refractivity contribution in [3.05, 3.63) is 64.7 Å². The standard InChI is InChI=1S/C22H23N3O4S/c1-24(15-8-9-19(27-2)20(12-15)28-3)14-22(26)25-17(18-6-4-10-29-18)13-16(23-25)21-7-5-11-30-21/h4-12,17H,13-14H2,1-3H3/t17-/m1/s1. The maximum absolute atomic E-state index is 13.2. The number of likely N-dealkylation sites (N-methyl/N-ethyl adjacent to an activating group) is 1. The topological polar surface area (TPSA) is 67.5 Å². The Kier molecular flexibility index (Phi) is 5.76. The number of hydrogen-bond acceptors (Lipinski definition) is 7. The maximum atomic E-state index is 13.2. The molecule has 0 radical (unpaired) electrons. The van der Waals surface area contributed by atoms with Gasteiger partial charge in [0.05, 0.1) is 37.6 Å². The number of amides is 1. The van der Waals surface area contributed by atoms with Crippen molar-refractivity contribution < 1.29 is 18.7 Å². The van der Waals surface area contributed by atoms with E-state index in [1.54, 1.807) is 36.8 Å². The Hall–Kier alpha value is -3.26. The number of benzene rings is 1. The van der Waals surface area contributed by atoms with Crippen LogP contribution in [0.5, 0.6) is 11.5 Å². The number of nitrogens with zero attached hydrogens (tertiary/aromatic N) is 3. The predicted octanol–water partition coefficient (Wildman–Crippen LogP) is 4.17. The van der Waals surface area contributed by atoms with E-state index >= 15 is 0 Å². The van der Waals surface area contributed by atoms with E-state index in [1.807, 2.05) is 59.8 Å². The number of carbonyl (C=O) groups excluding carboxylic acids is 1. The Morgan fingerprint density at radius 2 is 2.07 bits per heavy atom. The zero-order valence-electron chi connectivity index (χ0n) is 17.1. The van der Waals surface area contributed by atoms with Crippen LogP contribution in [0.15, 0.2) is 63.6 Å². The average molecular weight is 426 g/mol. The monoisotopic (exact) mass is 425 g/mol. The minimum atomic E-state index is -0.247. The predicted molar refractivity (Wildman–Crippen MR) is 117 cm³/mol. The molecule has 0 fully saturated rings. The number of hydrazone groups is 1. The molecule has 2 aromatic heterocycles. The fourth-order valence-electron chi connectivity index (χ4n) is 3.46. The van der Waals surface area contributed by atoms with E-state index in [0.29, 0.717) is 17.9 Å². The van der Waals surface area contributed by atoms with Gasteiger partial charge < -0.3 is 18.8 Å². The molecule has 0 spiro atoms. The summed E-state index contributed by atoms with van der Waals surface area (Å²) >= 11 is 1.62. The Morgan fingerprint density at radius 1 is 1.23 bits per heavy atom. The van der Waals surface area contributed by atoms with E-state index in [9.17, 15) is 4.79 Å². The van der Waals surface area contributed by atoms with E-state index in [1.165, 1.54) is 0 Å². The van der Waals surface area contributed by atoms with E-state index in [-0.39, 0.29) is 18.5 Å². The first-order valence-corrected chi connectivity index (χ1v) is 10.4. The van der Waals surface area contributed by atoms with Gasteiger partial charge in [0.1, 0.15) is 11.8 Å². The summed E-state index contributed by atoms with van der Waals surface area (Å²) in [6.07, 6.45) is 2.25. The average Bonchev–Trinajstić information content (AvgIpc) is 3.53. The van der Waals surface area contributed by atoms with Gasteiger partial charge in [-0.1, -0.05) is 6.07 Å². The van der Waals surface area contributed by atoms with Crippen molar-refractivity contribution in [1.82, 2.24) is 5.01 Å². The first-order valence-electron chi connectivity index (χ1n) is 9.50. The third kappa shape index (κ3) is 3.91. The minimum absolute atomic E-state index is 0.111. The number of hydrogen-bond donors (Lipinski definition) is 0. The minimum Gasteiger partial charge on any atom is -0.493 e. The fourth-order valence-corrected chi connectivity index (χ4v) is 4.18. The normalized spacial score (nSPS) is 15.8. The summed E-state index contributed by atoms with van der Waals surface area (Å²) in [7, 11) is 5.04. The molecule has 156 valence electrons. The summed E-state index contributed by atoms with van der Waals surface area (Å²) in [5.41, 5.74) is 1.74. The molecule has 0 saturated heterocycles. The van der Waals surface area contributed by atoms with Crippen molar-refractivity contribution in [2.75, 3.05) is 32.7 Å². The number of thiophene rings is 1. The molecule has 30 heavy (non-hydrogen) atoms. The van der Waals surface area contributed by atoms with Gasteiger partial charge in [-0.2, -0.15) is 5.10 Å². The van der Waals surface area contributed by atoms with Crippen LogP contribution in [0.1, 0.15) is 23.1 Å². The Balaban J connectivity index is 1.55. The number of methoxy groups -OCH3 is 2. The second kappa shape index (κ2) is 8.62. The quantitative estimate of drug-likeness (QED) is 0.568. The van der Waals surface area contributed by atoms with Crippen LogP contribution in [0.2, 0.25) is 0 Å². The summed E-state index contributed by atoms with van der Waals surface area (Å²) < 4.78 is 16.3. The molecule has 1 aromatic carbocycles. The van der Waals surface area contributed by atoms with Gasteiger partial charge in [-0.3, -0.25) is 4.79 Å². The zero-order chi connectivity index (χ0) is 21.1. The lowest BCUT2D eigenvalue weighted by atomic mass is 10.1. The molecule has 3 aromatic rings. The van der Waals surface area contributed by atoms with Crippen LogP contribution in [0.3, 0.4) is 0 Å². The number of ether oxygens (including phenoxy) is 2. The van der Waals surface area contributed by atoms with Gasteiger partial charge in [0.15, 0.2) is 11.5 Å². The second-order valence-corrected chi connectivity index (χ2v) is 7.84. The Labute approximate surface area is 179 Å². The molecule has 0 aliphatic carbocycles. The first kappa shape index (κ1) is 20.0. The van der Waals surface area contributed by atoms with Crippen molar-refractivity contribution in [2.45, 2.75) is 12.5 Å². The summed E-state index contributed by atoms with van der Waals surface area (Å²) in [4.78, 5) is 16.1. The number of anilines is 1. The summed E-state index contributed by atoms with van der Waals surface area (Å²) in [5.74, 6) is 1.87. The molecule has 3 heterocycles. The largest absolute Gasteiger partial charge is 0.493 e. The molecule has 8 heteroatoms. The molecule has 4 rings (SSSR count). The van der Waals surface area contributed by atoms with Crippen molar-refractivity contribution >= 4 is 28.6 Å². The fraction of sp³-hybridized carbons (Fsp3) is 0.273. The van der Waals surface area contributed by atoms with Crippen molar-refractivity contribution in [3.8, 4) is 11.5 Å². The third-order valence-corrected chi connectivity index (χ3v) is 5.94. The zero-order valence-corrected chi connectivity index (χ0v) is 17.9. The molecule has 0 N–H and O–H groups in total. The van der Waals surface area contributed by atoms with Crippen molar-refractivity contribution in [1.29, 1.82) is 0 Å². The molecule has 1 amide bonds. The third-order valence-electron chi connectivity index (χ3n) is 5.02. The molecule has 0 unspecified atom stereocenters. The summed E-state index contributed by atoms with van der Waals surface area (Å²) in [6.45, 7) is 0.161. The van der Waals surface area contributed by atoms with Gasteiger partial charge in [-0.05, 0) is 35.7 Å². The van der Waals surface area contributed by atoms with Crippen molar-refractivity contribution in [3.63, 3.8) is 0 Å². The summed E-state index contributed by atoms with van der Waals surface area (Å²) in [6, 6.07) is 13.0. The van der Waals surface area contributed by atoms with Crippen LogP contribution in [-0.4, -0.2) is 44.4 Å². The maximum Gasteiger partial charge on any atom is 0.262 e. The lowest BCUT2D eigenvalue weighted by Gasteiger charge is -2.25. The van der Waals surface area contributed by atoms with Gasteiger partial charge in [0.25, 0.3) is 5.91 Å². The van der Waals surface area contributed by atoms with Crippen LogP contribution in [-0.2, 0) is 4.79 Å². The highest BCUT2D eigenvalue weighted by Crippen LogP contribution is 2.35. The highest BCUT2D eigenvalue weighted by Gasteiger charge is 2.35. The van der Waals surface area contributed by atoms with Gasteiger partial charge in [-0.25, -0.2) is 5.01 Å². The van der Waals surface area contributed by atoms with Gasteiger partial charge in [0.2, 0.25) is 0 Å². The summed E-state index contributed by atoms with van der Waals surface area (Å²) in [5, 5.41) is 8.21. The molecule has 1 aliphatic heterocycles. The van der Waals surface area contributed by atoms with Crippen LogP contribution in [0.25, 0.3) is 0 Å². The van der Waals surface area contributed by atoms with E-state index in [4.69, 9.17) is 13.9 Å². The van der Waals surface area contributed by atoms with E-state index in [2.05, 4.69) is 5.10 Å². The molecular weight excluding hydrogens is 402 g/mol. The SMILES string of the molecule is COc1ccc(N(C)CC(=O)N2N=C(c3cccs3)C[C@@H]2c2ccco2)cc1OC. The molecule has 0 bridgehead atoms. The lowest BCUT2D eigenvalue weighted by molar-refractivity contribution is -0.131. The lowest BCUT2D eigenvalue weighted by Crippen LogP contribution is -2.36. The highest BCUT2D eigenvalue weighted by molar-refractivity contribution is 7.12. The molecular formula is C22H23N3O4S. The molecule has 0 saturated carbocycles. The van der Waals surface area contributed by atoms with Crippen LogP contribution >= 0.6 is 11.3 Å². The van der Waals surface area contributed by atoms with Crippen LogP contribution in [0, 0.1) is 0 Å². The van der Waals surface area contributed by atoms with Crippen molar-refractivity contribution in [2.24, 2.45) is 5.10 Å². The van der Waals surface area contributed by atoms with Gasteiger partial charge >= 0.3 is 0 Å². The van der Waals surface area contributed by atoms with Gasteiger partial charge in [0, 0.05) is 25.2 Å². The Morgan fingerprint density at radius 3 is 2.73 bits per heavy atom. The highest BCUT2D eigenvalue weighted by atomic mass is 32.1. The molecule has 1 aliphatic rings. The first-order chi connectivity index (χ1) is 14.6. The molecule has 7 nitrogen and oxygen atoms in total. The number of furan rings is 1. The Bertz CT molecular complexity index is 1030. The smallest absolute Gasteiger partial charge is 0.262 e. The van der Waals surface area contributed by atoms with Gasteiger partial charge in [-0.15, -0.1) is 11.3 Å². The second-order valence-electron chi connectivity index (χ2n) is 6.89. The van der Waals surface area contributed by atoms with Crippen LogP contribution in [0.4, 0.5) is 5.69 Å². The van der Waals surface area contributed by atoms with E-state index in [0.717, 1.165) is 22.0 Å². The van der Waals surface area contributed by atoms with Crippen LogP contribution < -0.4 is 14.4 Å². The van der Waals surface area contributed by atoms with E-state index < -0.39 is 0 Å². The number of rotatable bonds is 7. The molecule has 1 atom stereocenters. The number of carbonyl (C=O) groups is 1.